The summed E-state index contributed by atoms with van der Waals surface area (Å²) in [6.45, 7) is 10.1. The third-order valence-corrected chi connectivity index (χ3v) is 1.53. The van der Waals surface area contributed by atoms with E-state index in [0.29, 0.717) is 6.42 Å². The first-order valence-corrected chi connectivity index (χ1v) is 5.58. The van der Waals surface area contributed by atoms with Gasteiger partial charge in [-0.25, -0.2) is 0 Å². The van der Waals surface area contributed by atoms with E-state index >= 15 is 0 Å². The average molecular weight is 234 g/mol. The van der Waals surface area contributed by atoms with Crippen LogP contribution in [0.3, 0.4) is 0 Å². The van der Waals surface area contributed by atoms with Gasteiger partial charge in [0.1, 0.15) is 11.6 Å². The van der Waals surface area contributed by atoms with Crippen molar-refractivity contribution in [2.75, 3.05) is 0 Å². The summed E-state index contributed by atoms with van der Waals surface area (Å²) in [7, 11) is 0. The Bertz CT molecular complexity index is 322. The molecule has 0 N–H and O–H groups in total. The molecule has 17 heavy (non-hydrogen) atoms. The molecule has 2 nitrogen and oxygen atoms in total. The lowest BCUT2D eigenvalue weighted by molar-refractivity contribution is -0.117. The van der Waals surface area contributed by atoms with E-state index in [9.17, 15) is 9.59 Å². The fourth-order valence-electron chi connectivity index (χ4n) is 0.589. The molecule has 0 aromatic heterocycles. The third kappa shape index (κ3) is 20.4. The summed E-state index contributed by atoms with van der Waals surface area (Å²) in [5.41, 5.74) is 1.17. The van der Waals surface area contributed by atoms with Crippen LogP contribution >= 0.6 is 0 Å². The Hall–Kier alpha value is -1.70. The molecular weight excluding hydrogens is 212 g/mol. The van der Waals surface area contributed by atoms with Crippen LogP contribution in [0.4, 0.5) is 0 Å². The zero-order chi connectivity index (χ0) is 13.7. The molecule has 0 fully saturated rings. The number of ketones is 2. The van der Waals surface area contributed by atoms with Crippen LogP contribution in [0.25, 0.3) is 6.08 Å². The Balaban J connectivity index is 0. The van der Waals surface area contributed by atoms with Gasteiger partial charge in [-0.05, 0) is 26.3 Å². The number of carbonyl (C=O) groups excluding carboxylic acids is 2. The van der Waals surface area contributed by atoms with Gasteiger partial charge in [-0.15, -0.1) is 0 Å². The van der Waals surface area contributed by atoms with Crippen LogP contribution in [-0.2, 0) is 9.59 Å². The average Bonchev–Trinajstić information content (AvgIpc) is 2.30. The molecule has 0 spiro atoms. The SMILES string of the molecule is C=Cc1ccccc1.CC(C)=O.CCC(C)=O. The highest BCUT2D eigenvalue weighted by Crippen LogP contribution is 1.97. The monoisotopic (exact) mass is 234 g/mol. The van der Waals surface area contributed by atoms with Gasteiger partial charge in [0, 0.05) is 6.42 Å². The number of Topliss-reactive ketones (excluding diaryl/α,β-unsaturated/α-hetero) is 2. The second-order valence-corrected chi connectivity index (χ2v) is 3.58. The second kappa shape index (κ2) is 12.4. The molecule has 0 aliphatic heterocycles. The van der Waals surface area contributed by atoms with Crippen molar-refractivity contribution in [1.29, 1.82) is 0 Å². The molecular formula is C15H22O2. The molecule has 0 saturated carbocycles. The highest BCUT2D eigenvalue weighted by atomic mass is 16.1. The Morgan fingerprint density at radius 3 is 1.65 bits per heavy atom. The quantitative estimate of drug-likeness (QED) is 0.777. The second-order valence-electron chi connectivity index (χ2n) is 3.58. The largest absolute Gasteiger partial charge is 0.300 e. The summed E-state index contributed by atoms with van der Waals surface area (Å²) in [5.74, 6) is 0.421. The first-order chi connectivity index (χ1) is 7.93. The highest BCUT2D eigenvalue weighted by molar-refractivity contribution is 5.74. The van der Waals surface area contributed by atoms with E-state index < -0.39 is 0 Å². The predicted octanol–water partition coefficient (Wildman–Crippen LogP) is 3.91. The number of carbonyl (C=O) groups is 2. The van der Waals surface area contributed by atoms with E-state index in [2.05, 4.69) is 6.58 Å². The summed E-state index contributed by atoms with van der Waals surface area (Å²) in [4.78, 5) is 19.3. The minimum Gasteiger partial charge on any atom is -0.300 e. The first-order valence-electron chi connectivity index (χ1n) is 5.58. The molecule has 0 radical (unpaired) electrons. The Morgan fingerprint density at radius 2 is 1.47 bits per heavy atom. The van der Waals surface area contributed by atoms with Gasteiger partial charge in [0.15, 0.2) is 0 Å². The number of hydrogen-bond acceptors (Lipinski definition) is 2. The summed E-state index contributed by atoms with van der Waals surface area (Å²) in [6, 6.07) is 10.0. The van der Waals surface area contributed by atoms with Crippen molar-refractivity contribution in [1.82, 2.24) is 0 Å². The van der Waals surface area contributed by atoms with Gasteiger partial charge in [0.2, 0.25) is 0 Å². The van der Waals surface area contributed by atoms with Gasteiger partial charge in [0.05, 0.1) is 0 Å². The molecule has 2 heteroatoms. The van der Waals surface area contributed by atoms with E-state index in [1.807, 2.05) is 43.3 Å². The van der Waals surface area contributed by atoms with Crippen LogP contribution in [0.15, 0.2) is 36.9 Å². The molecule has 1 aromatic carbocycles. The van der Waals surface area contributed by atoms with Crippen molar-refractivity contribution in [3.8, 4) is 0 Å². The third-order valence-electron chi connectivity index (χ3n) is 1.53. The van der Waals surface area contributed by atoms with E-state index in [4.69, 9.17) is 0 Å². The molecule has 0 bridgehead atoms. The van der Waals surface area contributed by atoms with Crippen molar-refractivity contribution in [2.45, 2.75) is 34.1 Å². The smallest absolute Gasteiger partial charge is 0.129 e. The highest BCUT2D eigenvalue weighted by Gasteiger charge is 1.77. The van der Waals surface area contributed by atoms with E-state index in [-0.39, 0.29) is 11.6 Å². The maximum absolute atomic E-state index is 9.81. The van der Waals surface area contributed by atoms with Gasteiger partial charge >= 0.3 is 0 Å². The molecule has 0 saturated heterocycles. The summed E-state index contributed by atoms with van der Waals surface area (Å²) in [6.07, 6.45) is 2.50. The summed E-state index contributed by atoms with van der Waals surface area (Å²) >= 11 is 0. The fourth-order valence-corrected chi connectivity index (χ4v) is 0.589. The van der Waals surface area contributed by atoms with Gasteiger partial charge in [-0.1, -0.05) is 49.9 Å². The predicted molar refractivity (Wildman–Crippen MR) is 73.9 cm³/mol. The van der Waals surface area contributed by atoms with Crippen molar-refractivity contribution in [3.63, 3.8) is 0 Å². The van der Waals surface area contributed by atoms with Crippen LogP contribution in [0.5, 0.6) is 0 Å². The van der Waals surface area contributed by atoms with Crippen LogP contribution in [0, 0.1) is 0 Å². The van der Waals surface area contributed by atoms with Gasteiger partial charge in [-0.3, -0.25) is 0 Å². The molecule has 1 aromatic rings. The minimum atomic E-state index is 0.167. The number of rotatable bonds is 2. The van der Waals surface area contributed by atoms with Crippen molar-refractivity contribution >= 4 is 17.6 Å². The molecule has 0 amide bonds. The molecule has 1 rings (SSSR count). The fraction of sp³-hybridized carbons (Fsp3) is 0.333. The topological polar surface area (TPSA) is 34.1 Å². The number of benzene rings is 1. The minimum absolute atomic E-state index is 0.167. The number of hydrogen-bond donors (Lipinski definition) is 0. The van der Waals surface area contributed by atoms with Crippen molar-refractivity contribution < 1.29 is 9.59 Å². The molecule has 0 aliphatic carbocycles. The lowest BCUT2D eigenvalue weighted by atomic mass is 10.2. The van der Waals surface area contributed by atoms with Crippen LogP contribution in [0.1, 0.15) is 39.7 Å². The first kappa shape index (κ1) is 17.7. The molecule has 94 valence electrons. The summed E-state index contributed by atoms with van der Waals surface area (Å²) in [5, 5.41) is 0. The lowest BCUT2D eigenvalue weighted by Gasteiger charge is -1.85. The molecule has 0 atom stereocenters. The zero-order valence-corrected chi connectivity index (χ0v) is 11.2. The normalized spacial score (nSPS) is 7.76. The molecule has 0 heterocycles. The summed E-state index contributed by atoms with van der Waals surface area (Å²) < 4.78 is 0. The van der Waals surface area contributed by atoms with Crippen LogP contribution in [0.2, 0.25) is 0 Å². The lowest BCUT2D eigenvalue weighted by Crippen LogP contribution is -1.80. The van der Waals surface area contributed by atoms with E-state index in [1.54, 1.807) is 6.92 Å². The molecule has 0 aliphatic rings. The Labute approximate surface area is 104 Å². The van der Waals surface area contributed by atoms with Gasteiger partial charge in [-0.2, -0.15) is 0 Å². The maximum Gasteiger partial charge on any atom is 0.129 e. The van der Waals surface area contributed by atoms with Gasteiger partial charge < -0.3 is 9.59 Å². The van der Waals surface area contributed by atoms with Crippen molar-refractivity contribution in [3.05, 3.63) is 42.5 Å². The van der Waals surface area contributed by atoms with Crippen molar-refractivity contribution in [2.24, 2.45) is 0 Å². The van der Waals surface area contributed by atoms with E-state index in [1.165, 1.54) is 19.4 Å². The van der Waals surface area contributed by atoms with Crippen LogP contribution in [-0.4, -0.2) is 11.6 Å². The van der Waals surface area contributed by atoms with E-state index in [0.717, 1.165) is 0 Å². The Morgan fingerprint density at radius 1 is 1.12 bits per heavy atom. The zero-order valence-electron chi connectivity index (χ0n) is 11.2. The molecule has 0 unspecified atom stereocenters. The van der Waals surface area contributed by atoms with Crippen LogP contribution < -0.4 is 0 Å². The maximum atomic E-state index is 9.81. The Kier molecular flexibility index (Phi) is 12.9. The standard InChI is InChI=1S/C8H8.C4H8O.C3H6O/c1-2-8-6-4-3-5-7-8;1-3-4(2)5;1-3(2)4/h2-7H,1H2;3H2,1-2H3;1-2H3. The van der Waals surface area contributed by atoms with Gasteiger partial charge in [0.25, 0.3) is 0 Å².